The molecule has 0 N–H and O–H groups in total. The van der Waals surface area contributed by atoms with Gasteiger partial charge in [-0.25, -0.2) is 17.2 Å². The summed E-state index contributed by atoms with van der Waals surface area (Å²) in [7, 11) is -3.72. The second kappa shape index (κ2) is 8.17. The van der Waals surface area contributed by atoms with E-state index in [1.165, 1.54) is 17.9 Å². The summed E-state index contributed by atoms with van der Waals surface area (Å²) in [6, 6.07) is 4.26. The lowest BCUT2D eigenvalue weighted by Gasteiger charge is -2.25. The monoisotopic (exact) mass is 522 g/mol. The zero-order valence-electron chi connectivity index (χ0n) is 19.0. The zero-order valence-corrected chi connectivity index (χ0v) is 19.8. The van der Waals surface area contributed by atoms with Crippen LogP contribution >= 0.6 is 0 Å². The highest BCUT2D eigenvalue weighted by Gasteiger charge is 2.64. The van der Waals surface area contributed by atoms with Crippen LogP contribution in [0.3, 0.4) is 0 Å². The summed E-state index contributed by atoms with van der Waals surface area (Å²) in [5.41, 5.74) is -0.938. The number of hydrogen-bond donors (Lipinski definition) is 0. The Morgan fingerprint density at radius 1 is 1.29 bits per heavy atom. The van der Waals surface area contributed by atoms with Crippen molar-refractivity contribution in [2.75, 3.05) is 18.8 Å². The van der Waals surface area contributed by atoms with Crippen molar-refractivity contribution >= 4 is 15.7 Å². The summed E-state index contributed by atoms with van der Waals surface area (Å²) >= 11 is 0. The van der Waals surface area contributed by atoms with Crippen molar-refractivity contribution in [2.45, 2.75) is 55.7 Å². The fourth-order valence-corrected chi connectivity index (χ4v) is 5.19. The van der Waals surface area contributed by atoms with Gasteiger partial charge in [-0.3, -0.25) is 4.79 Å². The molecule has 1 aliphatic carbocycles. The molecule has 2 unspecified atom stereocenters. The van der Waals surface area contributed by atoms with Gasteiger partial charge in [0.2, 0.25) is 5.76 Å². The number of piperidine rings is 1. The van der Waals surface area contributed by atoms with E-state index in [4.69, 9.17) is 4.74 Å². The summed E-state index contributed by atoms with van der Waals surface area (Å²) in [5, 5.41) is 3.57. The van der Waals surface area contributed by atoms with Gasteiger partial charge in [0.15, 0.2) is 15.9 Å². The molecule has 1 saturated heterocycles. The van der Waals surface area contributed by atoms with Crippen LogP contribution in [-0.2, 0) is 21.4 Å². The zero-order chi connectivity index (χ0) is 26.0. The molecule has 192 valence electrons. The Labute approximate surface area is 198 Å². The van der Waals surface area contributed by atoms with Crippen molar-refractivity contribution in [2.24, 2.45) is 5.92 Å². The van der Waals surface area contributed by atoms with Crippen molar-refractivity contribution in [3.8, 4) is 5.75 Å². The summed E-state index contributed by atoms with van der Waals surface area (Å²) in [6.07, 6.45) is -5.81. The maximum atomic E-state index is 13.7. The van der Waals surface area contributed by atoms with Crippen LogP contribution in [0, 0.1) is 5.92 Å². The number of benzene rings is 1. The van der Waals surface area contributed by atoms with Crippen LogP contribution in [0.2, 0.25) is 0 Å². The van der Waals surface area contributed by atoms with Crippen LogP contribution in [0.4, 0.5) is 22.0 Å². The number of aromatic nitrogens is 1. The molecule has 2 fully saturated rings. The molecule has 7 nitrogen and oxygen atoms in total. The molecule has 0 spiro atoms. The van der Waals surface area contributed by atoms with Crippen molar-refractivity contribution in [3.63, 3.8) is 0 Å². The normalized spacial score (nSPS) is 23.2. The van der Waals surface area contributed by atoms with Crippen LogP contribution < -0.4 is 4.74 Å². The van der Waals surface area contributed by atoms with Crippen molar-refractivity contribution in [1.82, 2.24) is 10.1 Å². The third-order valence-corrected chi connectivity index (χ3v) is 8.40. The first kappa shape index (κ1) is 25.4. The molecule has 1 saturated carbocycles. The lowest BCUT2D eigenvalue weighted by molar-refractivity contribution is -0.155. The molecule has 1 aromatic heterocycles. The van der Waals surface area contributed by atoms with E-state index in [2.05, 4.69) is 9.68 Å². The fraction of sp³-hybridized carbons (Fsp3) is 0.545. The maximum Gasteiger partial charge on any atom is 0.452 e. The van der Waals surface area contributed by atoms with Gasteiger partial charge in [-0.2, -0.15) is 13.2 Å². The minimum Gasteiger partial charge on any atom is -0.484 e. The van der Waals surface area contributed by atoms with Gasteiger partial charge in [0.1, 0.15) is 5.75 Å². The molecule has 1 amide bonds. The average molecular weight is 522 g/mol. The van der Waals surface area contributed by atoms with Gasteiger partial charge in [0.05, 0.1) is 21.9 Å². The van der Waals surface area contributed by atoms with Crippen molar-refractivity contribution in [1.29, 1.82) is 0 Å². The summed E-state index contributed by atoms with van der Waals surface area (Å²) in [5.74, 6) is -5.77. The minimum absolute atomic E-state index is 0.0179. The third-order valence-electron chi connectivity index (χ3n) is 6.67. The highest BCUT2D eigenvalue weighted by Crippen LogP contribution is 2.59. The van der Waals surface area contributed by atoms with E-state index in [0.717, 1.165) is 25.1 Å². The average Bonchev–Trinajstić information content (AvgIpc) is 3.13. The number of fused-ring (bicyclic) bond motifs is 1. The summed E-state index contributed by atoms with van der Waals surface area (Å²) in [6.45, 7) is 3.39. The Hall–Kier alpha value is -2.70. The van der Waals surface area contributed by atoms with E-state index < -0.39 is 45.1 Å². The van der Waals surface area contributed by atoms with Crippen LogP contribution in [0.25, 0.3) is 0 Å². The van der Waals surface area contributed by atoms with E-state index in [9.17, 15) is 35.2 Å². The van der Waals surface area contributed by atoms with Crippen LogP contribution in [0.15, 0.2) is 33.7 Å². The molecule has 0 radical (unpaired) electrons. The largest absolute Gasteiger partial charge is 0.484 e. The number of sulfone groups is 1. The molecule has 4 rings (SSSR count). The van der Waals surface area contributed by atoms with Crippen LogP contribution in [0.5, 0.6) is 5.75 Å². The second-order valence-corrected chi connectivity index (χ2v) is 11.4. The van der Waals surface area contributed by atoms with Gasteiger partial charge in [-0.1, -0.05) is 12.1 Å². The first-order valence-corrected chi connectivity index (χ1v) is 12.5. The van der Waals surface area contributed by atoms with Gasteiger partial charge < -0.3 is 14.2 Å². The van der Waals surface area contributed by atoms with Crippen molar-refractivity contribution in [3.05, 3.63) is 41.3 Å². The number of nitrogens with zero attached hydrogens (tertiary/aromatic N) is 2. The second-order valence-electron chi connectivity index (χ2n) is 9.09. The Bertz CT molecular complexity index is 1250. The standard InChI is InChI=1S/C22H23F5N2O5S/c1-4-35(31,32)14-5-6-16(33-12(2)20(3,23)24)15(7-14)19(30)29-10-13-9-21(13,11-29)17-8-18(34-28-17)22(25,26)27/h5-8,12-13H,4,9-11H2,1-3H3/t12-,13?,21?/m0/s1. The van der Waals surface area contributed by atoms with E-state index in [1.54, 1.807) is 0 Å². The molecule has 13 heteroatoms. The predicted molar refractivity (Wildman–Crippen MR) is 112 cm³/mol. The molecule has 2 aromatic rings. The fourth-order valence-electron chi connectivity index (χ4n) is 4.28. The molecule has 2 aliphatic rings. The quantitative estimate of drug-likeness (QED) is 0.503. The van der Waals surface area contributed by atoms with Gasteiger partial charge >= 0.3 is 6.18 Å². The minimum atomic E-state index is -4.70. The Morgan fingerprint density at radius 2 is 1.97 bits per heavy atom. The summed E-state index contributed by atoms with van der Waals surface area (Å²) in [4.78, 5) is 14.6. The number of halogens is 5. The predicted octanol–water partition coefficient (Wildman–Crippen LogP) is 4.32. The van der Waals surface area contributed by atoms with Gasteiger partial charge in [0.25, 0.3) is 11.8 Å². The number of hydrogen-bond acceptors (Lipinski definition) is 6. The number of likely N-dealkylation sites (tertiary alicyclic amines) is 1. The molecular weight excluding hydrogens is 499 g/mol. The van der Waals surface area contributed by atoms with Gasteiger partial charge in [0, 0.05) is 31.5 Å². The lowest BCUT2D eigenvalue weighted by Crippen LogP contribution is -2.35. The van der Waals surface area contributed by atoms with Gasteiger partial charge in [-0.05, 0) is 37.5 Å². The molecule has 1 aromatic carbocycles. The van der Waals surface area contributed by atoms with E-state index in [-0.39, 0.29) is 46.7 Å². The van der Waals surface area contributed by atoms with E-state index in [1.807, 2.05) is 0 Å². The summed E-state index contributed by atoms with van der Waals surface area (Å²) < 4.78 is 101. The third kappa shape index (κ3) is 4.62. The Morgan fingerprint density at radius 3 is 2.54 bits per heavy atom. The Balaban J connectivity index is 1.64. The first-order chi connectivity index (χ1) is 16.1. The lowest BCUT2D eigenvalue weighted by atomic mass is 10.0. The molecule has 3 atom stereocenters. The molecule has 35 heavy (non-hydrogen) atoms. The first-order valence-electron chi connectivity index (χ1n) is 10.8. The number of ether oxygens (including phenoxy) is 1. The number of alkyl halides is 5. The van der Waals surface area contributed by atoms with E-state index >= 15 is 0 Å². The Kier molecular flexibility index (Phi) is 5.93. The van der Waals surface area contributed by atoms with Crippen LogP contribution in [0.1, 0.15) is 49.0 Å². The number of carbonyl (C=O) groups is 1. The molecule has 1 aliphatic heterocycles. The molecule has 2 heterocycles. The highest BCUT2D eigenvalue weighted by molar-refractivity contribution is 7.91. The highest BCUT2D eigenvalue weighted by atomic mass is 32.2. The van der Waals surface area contributed by atoms with E-state index in [0.29, 0.717) is 13.3 Å². The molecular formula is C22H23F5N2O5S. The topological polar surface area (TPSA) is 89.7 Å². The number of carbonyl (C=O) groups excluding carboxylic acids is 1. The SMILES string of the molecule is CCS(=O)(=O)c1ccc(O[C@@H](C)C(C)(F)F)c(C(=O)N2CC3CC3(c3cc(C(F)(F)F)on3)C2)c1. The molecule has 0 bridgehead atoms. The van der Waals surface area contributed by atoms with Crippen LogP contribution in [-0.4, -0.2) is 55.3 Å². The maximum absolute atomic E-state index is 13.7. The smallest absolute Gasteiger partial charge is 0.452 e. The van der Waals surface area contributed by atoms with Crippen molar-refractivity contribution < 1.29 is 44.4 Å². The van der Waals surface area contributed by atoms with Gasteiger partial charge in [-0.15, -0.1) is 0 Å². The number of rotatable bonds is 7. The number of amides is 1.